The van der Waals surface area contributed by atoms with Gasteiger partial charge in [0, 0.05) is 5.56 Å². The molecule has 0 aliphatic rings. The molecule has 1 aromatic heterocycles. The van der Waals surface area contributed by atoms with Gasteiger partial charge in [0.15, 0.2) is 5.82 Å². The largest absolute Gasteiger partial charge is 0.494 e. The second-order valence-corrected chi connectivity index (χ2v) is 6.49. The average molecular weight is 382 g/mol. The van der Waals surface area contributed by atoms with Crippen molar-refractivity contribution in [1.29, 1.82) is 0 Å². The highest BCUT2D eigenvalue weighted by Crippen LogP contribution is 2.23. The summed E-state index contributed by atoms with van der Waals surface area (Å²) < 4.78 is 13.2. The van der Waals surface area contributed by atoms with E-state index >= 15 is 0 Å². The van der Waals surface area contributed by atoms with Gasteiger partial charge in [-0.3, -0.25) is 0 Å². The lowest BCUT2D eigenvalue weighted by molar-refractivity contribution is 0.242. The third kappa shape index (κ3) is 4.83. The summed E-state index contributed by atoms with van der Waals surface area (Å²) in [5, 5.41) is 11.6. The molecule has 2 aromatic carbocycles. The number of aromatic nitrogens is 3. The molecule has 0 aliphatic heterocycles. The van der Waals surface area contributed by atoms with Crippen LogP contribution >= 0.6 is 12.2 Å². The van der Waals surface area contributed by atoms with Crippen molar-refractivity contribution < 1.29 is 9.47 Å². The van der Waals surface area contributed by atoms with Gasteiger partial charge < -0.3 is 9.47 Å². The second-order valence-electron chi connectivity index (χ2n) is 6.11. The standard InChI is InChI=1S/C20H22N4O2S/c1-4-25-17-10-8-15(9-11-17)13-21-24-19(22-23-20(24)27)16-6-5-7-18(12-16)26-14(2)3/h5-14H,4H2,1-3H3,(H,23,27). The molecule has 1 N–H and O–H groups in total. The fourth-order valence-electron chi connectivity index (χ4n) is 2.51. The van der Waals surface area contributed by atoms with Crippen molar-refractivity contribution in [3.63, 3.8) is 0 Å². The van der Waals surface area contributed by atoms with Crippen LogP contribution in [-0.2, 0) is 0 Å². The Balaban J connectivity index is 1.88. The zero-order valence-electron chi connectivity index (χ0n) is 15.5. The first-order valence-electron chi connectivity index (χ1n) is 8.78. The van der Waals surface area contributed by atoms with Gasteiger partial charge in [-0.25, -0.2) is 5.10 Å². The molecule has 0 bridgehead atoms. The fourth-order valence-corrected chi connectivity index (χ4v) is 2.69. The quantitative estimate of drug-likeness (QED) is 0.476. The molecule has 6 nitrogen and oxygen atoms in total. The smallest absolute Gasteiger partial charge is 0.216 e. The van der Waals surface area contributed by atoms with Crippen LogP contribution in [0.25, 0.3) is 11.4 Å². The molecule has 27 heavy (non-hydrogen) atoms. The van der Waals surface area contributed by atoms with E-state index < -0.39 is 0 Å². The molecule has 3 rings (SSSR count). The van der Waals surface area contributed by atoms with E-state index in [1.165, 1.54) is 0 Å². The lowest BCUT2D eigenvalue weighted by Crippen LogP contribution is -2.05. The van der Waals surface area contributed by atoms with E-state index in [2.05, 4.69) is 15.3 Å². The van der Waals surface area contributed by atoms with E-state index in [4.69, 9.17) is 21.7 Å². The van der Waals surface area contributed by atoms with Gasteiger partial charge in [0.1, 0.15) is 11.5 Å². The molecular weight excluding hydrogens is 360 g/mol. The lowest BCUT2D eigenvalue weighted by Gasteiger charge is -2.10. The number of hydrogen-bond acceptors (Lipinski definition) is 5. The molecule has 0 unspecified atom stereocenters. The number of benzene rings is 2. The van der Waals surface area contributed by atoms with E-state index in [-0.39, 0.29) is 6.10 Å². The zero-order valence-corrected chi connectivity index (χ0v) is 16.4. The van der Waals surface area contributed by atoms with Crippen LogP contribution in [-0.4, -0.2) is 33.8 Å². The third-order valence-corrected chi connectivity index (χ3v) is 3.89. The van der Waals surface area contributed by atoms with Crippen molar-refractivity contribution in [2.24, 2.45) is 5.10 Å². The lowest BCUT2D eigenvalue weighted by atomic mass is 10.2. The number of nitrogens with one attached hydrogen (secondary N) is 1. The first-order chi connectivity index (χ1) is 13.1. The van der Waals surface area contributed by atoms with Gasteiger partial charge in [0.05, 0.1) is 18.9 Å². The van der Waals surface area contributed by atoms with Crippen molar-refractivity contribution in [1.82, 2.24) is 14.9 Å². The summed E-state index contributed by atoms with van der Waals surface area (Å²) in [7, 11) is 0. The maximum Gasteiger partial charge on any atom is 0.216 e. The summed E-state index contributed by atoms with van der Waals surface area (Å²) in [6.07, 6.45) is 1.83. The summed E-state index contributed by atoms with van der Waals surface area (Å²) in [4.78, 5) is 0. The van der Waals surface area contributed by atoms with Gasteiger partial charge in [-0.15, -0.1) is 0 Å². The van der Waals surface area contributed by atoms with E-state index in [0.717, 1.165) is 22.6 Å². The van der Waals surface area contributed by atoms with Gasteiger partial charge in [-0.2, -0.15) is 14.9 Å². The van der Waals surface area contributed by atoms with Gasteiger partial charge in [-0.1, -0.05) is 12.1 Å². The highest BCUT2D eigenvalue weighted by Gasteiger charge is 2.09. The van der Waals surface area contributed by atoms with E-state index in [1.807, 2.05) is 69.3 Å². The summed E-state index contributed by atoms with van der Waals surface area (Å²) in [5.41, 5.74) is 1.80. The third-order valence-electron chi connectivity index (χ3n) is 3.63. The molecule has 140 valence electrons. The van der Waals surface area contributed by atoms with E-state index in [0.29, 0.717) is 17.2 Å². The molecule has 0 radical (unpaired) electrons. The van der Waals surface area contributed by atoms with Crippen molar-refractivity contribution in [3.05, 3.63) is 58.9 Å². The van der Waals surface area contributed by atoms with E-state index in [9.17, 15) is 0 Å². The van der Waals surface area contributed by atoms with Crippen LogP contribution in [0.3, 0.4) is 0 Å². The Morgan fingerprint density at radius 2 is 1.96 bits per heavy atom. The molecule has 0 atom stereocenters. The maximum atomic E-state index is 5.76. The van der Waals surface area contributed by atoms with Crippen molar-refractivity contribution in [2.45, 2.75) is 26.9 Å². The van der Waals surface area contributed by atoms with Crippen molar-refractivity contribution >= 4 is 18.4 Å². The minimum Gasteiger partial charge on any atom is -0.494 e. The Labute approximate surface area is 163 Å². The van der Waals surface area contributed by atoms with Crippen LogP contribution in [0.5, 0.6) is 11.5 Å². The average Bonchev–Trinajstić information content (AvgIpc) is 3.02. The predicted molar refractivity (Wildman–Crippen MR) is 109 cm³/mol. The molecule has 0 amide bonds. The van der Waals surface area contributed by atoms with Crippen LogP contribution in [0.1, 0.15) is 26.3 Å². The molecule has 0 spiro atoms. The summed E-state index contributed by atoms with van der Waals surface area (Å²) in [6.45, 7) is 6.58. The van der Waals surface area contributed by atoms with Gasteiger partial charge >= 0.3 is 0 Å². The molecule has 0 saturated carbocycles. The minimum atomic E-state index is 0.0961. The number of H-pyrrole nitrogens is 1. The Kier molecular flexibility index (Phi) is 6.03. The number of ether oxygens (including phenoxy) is 2. The Hall–Kier alpha value is -2.93. The first-order valence-corrected chi connectivity index (χ1v) is 9.19. The Morgan fingerprint density at radius 3 is 2.67 bits per heavy atom. The summed E-state index contributed by atoms with van der Waals surface area (Å²) >= 11 is 5.33. The zero-order chi connectivity index (χ0) is 19.2. The fraction of sp³-hybridized carbons (Fsp3) is 0.250. The minimum absolute atomic E-state index is 0.0961. The first kappa shape index (κ1) is 18.8. The normalized spacial score (nSPS) is 11.3. The van der Waals surface area contributed by atoms with Crippen molar-refractivity contribution in [3.8, 4) is 22.9 Å². The van der Waals surface area contributed by atoms with Gasteiger partial charge in [0.25, 0.3) is 0 Å². The maximum absolute atomic E-state index is 5.76. The highest BCUT2D eigenvalue weighted by molar-refractivity contribution is 7.71. The predicted octanol–water partition coefficient (Wildman–Crippen LogP) is 4.68. The Morgan fingerprint density at radius 1 is 1.19 bits per heavy atom. The monoisotopic (exact) mass is 382 g/mol. The molecule has 0 saturated heterocycles. The number of rotatable bonds is 7. The summed E-state index contributed by atoms with van der Waals surface area (Å²) in [6, 6.07) is 15.4. The molecule has 1 heterocycles. The molecule has 0 fully saturated rings. The second kappa shape index (κ2) is 8.64. The molecule has 7 heteroatoms. The van der Waals surface area contributed by atoms with Crippen LogP contribution in [0.2, 0.25) is 0 Å². The van der Waals surface area contributed by atoms with Crippen LogP contribution in [0.4, 0.5) is 0 Å². The van der Waals surface area contributed by atoms with Crippen molar-refractivity contribution in [2.75, 3.05) is 6.61 Å². The van der Waals surface area contributed by atoms with E-state index in [1.54, 1.807) is 10.9 Å². The van der Waals surface area contributed by atoms with Crippen LogP contribution in [0.15, 0.2) is 53.6 Å². The number of aromatic amines is 1. The van der Waals surface area contributed by atoms with Gasteiger partial charge in [-0.05, 0) is 75.0 Å². The summed E-state index contributed by atoms with van der Waals surface area (Å²) in [5.74, 6) is 2.23. The highest BCUT2D eigenvalue weighted by atomic mass is 32.1. The van der Waals surface area contributed by atoms with Crippen LogP contribution < -0.4 is 9.47 Å². The molecular formula is C20H22N4O2S. The molecule has 0 aliphatic carbocycles. The van der Waals surface area contributed by atoms with Gasteiger partial charge in [0.2, 0.25) is 4.77 Å². The number of hydrogen-bond donors (Lipinski definition) is 1. The van der Waals surface area contributed by atoms with Crippen LogP contribution in [0, 0.1) is 4.77 Å². The topological polar surface area (TPSA) is 64.4 Å². The molecule has 3 aromatic rings. The Bertz CT molecular complexity index is 974. The SMILES string of the molecule is CCOc1ccc(C=Nn2c(-c3cccc(OC(C)C)c3)n[nH]c2=S)cc1. The number of nitrogens with zero attached hydrogens (tertiary/aromatic N) is 3.